The molecule has 31 heavy (non-hydrogen) atoms. The molecule has 5 nitrogen and oxygen atoms in total. The van der Waals surface area contributed by atoms with Crippen LogP contribution >= 0.6 is 0 Å². The van der Waals surface area contributed by atoms with Crippen LogP contribution in [-0.4, -0.2) is 49.2 Å². The zero-order valence-electron chi connectivity index (χ0n) is 18.2. The van der Waals surface area contributed by atoms with Gasteiger partial charge >= 0.3 is 11.9 Å². The maximum atomic E-state index is 12.1. The van der Waals surface area contributed by atoms with Crippen molar-refractivity contribution in [1.82, 2.24) is 4.90 Å². The van der Waals surface area contributed by atoms with Crippen molar-refractivity contribution in [1.29, 1.82) is 0 Å². The molecule has 1 fully saturated rings. The van der Waals surface area contributed by atoms with Crippen LogP contribution in [0.1, 0.15) is 43.2 Å². The minimum atomic E-state index is -0.175. The lowest BCUT2D eigenvalue weighted by Crippen LogP contribution is -2.42. The van der Waals surface area contributed by atoms with Gasteiger partial charge in [-0.25, -0.2) is 0 Å². The molecule has 0 radical (unpaired) electrons. The number of ether oxygens (including phenoxy) is 2. The molecular weight excluding hydrogens is 390 g/mol. The number of carbonyl (C=O) groups is 2. The molecule has 0 aromatic heterocycles. The van der Waals surface area contributed by atoms with Crippen LogP contribution in [0.4, 0.5) is 0 Å². The number of rotatable bonds is 13. The monoisotopic (exact) mass is 423 g/mol. The van der Waals surface area contributed by atoms with Gasteiger partial charge in [0.05, 0.1) is 26.1 Å². The fraction of sp³-hybridized carbons (Fsp3) is 0.462. The molecule has 0 saturated heterocycles. The van der Waals surface area contributed by atoms with Gasteiger partial charge < -0.3 is 9.47 Å². The first kappa shape index (κ1) is 23.0. The van der Waals surface area contributed by atoms with E-state index in [4.69, 9.17) is 9.47 Å². The van der Waals surface area contributed by atoms with Crippen LogP contribution in [0.2, 0.25) is 0 Å². The number of hydrogen-bond acceptors (Lipinski definition) is 5. The number of nitrogens with zero attached hydrogens (tertiary/aromatic N) is 1. The summed E-state index contributed by atoms with van der Waals surface area (Å²) in [7, 11) is 0. The summed E-state index contributed by atoms with van der Waals surface area (Å²) in [4.78, 5) is 26.5. The smallest absolute Gasteiger partial charge is 0.307 e. The lowest BCUT2D eigenvalue weighted by molar-refractivity contribution is -0.144. The van der Waals surface area contributed by atoms with E-state index in [0.717, 1.165) is 36.8 Å². The van der Waals surface area contributed by atoms with Gasteiger partial charge in [-0.1, -0.05) is 67.1 Å². The van der Waals surface area contributed by atoms with Crippen molar-refractivity contribution in [3.63, 3.8) is 0 Å². The normalized spacial score (nSPS) is 13.6. The molecule has 0 N–H and O–H groups in total. The molecule has 2 aromatic carbocycles. The second-order valence-corrected chi connectivity index (χ2v) is 8.03. The summed E-state index contributed by atoms with van der Waals surface area (Å²) in [6.45, 7) is 2.07. The lowest BCUT2D eigenvalue weighted by Gasteiger charge is -2.37. The Bertz CT molecular complexity index is 728. The van der Waals surface area contributed by atoms with Crippen LogP contribution < -0.4 is 0 Å². The molecule has 1 aliphatic carbocycles. The maximum Gasteiger partial charge on any atom is 0.307 e. The highest BCUT2D eigenvalue weighted by Gasteiger charge is 2.25. The standard InChI is InChI=1S/C26H33NO4/c28-25(30-20-16-22-8-3-1-4-9-22)14-18-27(24-12-7-13-24)19-15-26(29)31-21-17-23-10-5-2-6-11-23/h1-6,8-11,24H,7,12-21H2. The lowest BCUT2D eigenvalue weighted by atomic mass is 9.91. The SMILES string of the molecule is O=C(CCN(CCC(=O)OCCc1ccccc1)C1CCC1)OCCc1ccccc1. The summed E-state index contributed by atoms with van der Waals surface area (Å²) in [6, 6.07) is 20.5. The molecule has 0 amide bonds. The highest BCUT2D eigenvalue weighted by Crippen LogP contribution is 2.25. The molecule has 0 aliphatic heterocycles. The van der Waals surface area contributed by atoms with E-state index in [9.17, 15) is 9.59 Å². The molecule has 1 aliphatic rings. The summed E-state index contributed by atoms with van der Waals surface area (Å²) in [6.07, 6.45) is 5.65. The Labute approximate surface area is 185 Å². The van der Waals surface area contributed by atoms with E-state index < -0.39 is 0 Å². The van der Waals surface area contributed by atoms with Gasteiger partial charge in [0.1, 0.15) is 0 Å². The summed E-state index contributed by atoms with van der Waals surface area (Å²) < 4.78 is 10.8. The molecule has 0 heterocycles. The molecule has 0 spiro atoms. The second-order valence-electron chi connectivity index (χ2n) is 8.03. The zero-order valence-corrected chi connectivity index (χ0v) is 18.2. The summed E-state index contributed by atoms with van der Waals surface area (Å²) in [5.41, 5.74) is 2.33. The Kier molecular flexibility index (Phi) is 9.58. The molecule has 166 valence electrons. The molecule has 2 aromatic rings. The summed E-state index contributed by atoms with van der Waals surface area (Å²) in [5.74, 6) is -0.351. The van der Waals surface area contributed by atoms with Crippen LogP contribution in [-0.2, 0) is 31.9 Å². The van der Waals surface area contributed by atoms with Crippen LogP contribution in [0.5, 0.6) is 0 Å². The molecule has 5 heteroatoms. The molecular formula is C26H33NO4. The van der Waals surface area contributed by atoms with Crippen molar-refractivity contribution in [3.8, 4) is 0 Å². The Hall–Kier alpha value is -2.66. The summed E-state index contributed by atoms with van der Waals surface area (Å²) >= 11 is 0. The quantitative estimate of drug-likeness (QED) is 0.452. The van der Waals surface area contributed by atoms with Gasteiger partial charge in [-0.05, 0) is 24.0 Å². The molecule has 0 unspecified atom stereocenters. The largest absolute Gasteiger partial charge is 0.465 e. The van der Waals surface area contributed by atoms with Crippen molar-refractivity contribution < 1.29 is 19.1 Å². The van der Waals surface area contributed by atoms with Crippen molar-refractivity contribution >= 4 is 11.9 Å². The average Bonchev–Trinajstić information content (AvgIpc) is 2.76. The van der Waals surface area contributed by atoms with Crippen molar-refractivity contribution in [2.24, 2.45) is 0 Å². The Morgan fingerprint density at radius 2 is 1.19 bits per heavy atom. The van der Waals surface area contributed by atoms with E-state index in [2.05, 4.69) is 4.90 Å². The predicted molar refractivity (Wildman–Crippen MR) is 121 cm³/mol. The second kappa shape index (κ2) is 12.9. The van der Waals surface area contributed by atoms with Gasteiger partial charge in [0, 0.05) is 32.0 Å². The molecule has 1 saturated carbocycles. The van der Waals surface area contributed by atoms with Gasteiger partial charge in [-0.3, -0.25) is 14.5 Å². The number of carbonyl (C=O) groups excluding carboxylic acids is 2. The fourth-order valence-corrected chi connectivity index (χ4v) is 3.70. The van der Waals surface area contributed by atoms with Crippen molar-refractivity contribution in [2.45, 2.75) is 51.0 Å². The average molecular weight is 424 g/mol. The van der Waals surface area contributed by atoms with E-state index in [1.807, 2.05) is 60.7 Å². The third kappa shape index (κ3) is 8.54. The fourth-order valence-electron chi connectivity index (χ4n) is 3.70. The van der Waals surface area contributed by atoms with E-state index >= 15 is 0 Å². The van der Waals surface area contributed by atoms with Gasteiger partial charge in [0.2, 0.25) is 0 Å². The number of hydrogen-bond donors (Lipinski definition) is 0. The van der Waals surface area contributed by atoms with Crippen LogP contribution in [0.3, 0.4) is 0 Å². The van der Waals surface area contributed by atoms with E-state index in [-0.39, 0.29) is 11.9 Å². The molecule has 3 rings (SSSR count). The third-order valence-electron chi connectivity index (χ3n) is 5.79. The Morgan fingerprint density at radius 3 is 1.58 bits per heavy atom. The predicted octanol–water partition coefficient (Wildman–Crippen LogP) is 4.19. The Morgan fingerprint density at radius 1 is 0.742 bits per heavy atom. The van der Waals surface area contributed by atoms with Crippen molar-refractivity contribution in [2.75, 3.05) is 26.3 Å². The van der Waals surface area contributed by atoms with Gasteiger partial charge in [0.15, 0.2) is 0 Å². The van der Waals surface area contributed by atoms with E-state index in [1.54, 1.807) is 0 Å². The topological polar surface area (TPSA) is 55.8 Å². The number of benzene rings is 2. The van der Waals surface area contributed by atoms with Gasteiger partial charge in [-0.15, -0.1) is 0 Å². The van der Waals surface area contributed by atoms with Gasteiger partial charge in [0.25, 0.3) is 0 Å². The Balaban J connectivity index is 1.32. The first-order chi connectivity index (χ1) is 15.2. The van der Waals surface area contributed by atoms with Crippen molar-refractivity contribution in [3.05, 3.63) is 71.8 Å². The van der Waals surface area contributed by atoms with E-state index in [0.29, 0.717) is 45.2 Å². The van der Waals surface area contributed by atoms with Gasteiger partial charge in [-0.2, -0.15) is 0 Å². The number of esters is 2. The highest BCUT2D eigenvalue weighted by molar-refractivity contribution is 5.70. The first-order valence-electron chi connectivity index (χ1n) is 11.3. The van der Waals surface area contributed by atoms with E-state index in [1.165, 1.54) is 6.42 Å². The third-order valence-corrected chi connectivity index (χ3v) is 5.79. The minimum Gasteiger partial charge on any atom is -0.465 e. The highest BCUT2D eigenvalue weighted by atomic mass is 16.5. The zero-order chi connectivity index (χ0) is 21.7. The summed E-state index contributed by atoms with van der Waals surface area (Å²) in [5, 5.41) is 0. The molecule has 0 atom stereocenters. The minimum absolute atomic E-state index is 0.175. The van der Waals surface area contributed by atoms with Crippen LogP contribution in [0.15, 0.2) is 60.7 Å². The van der Waals surface area contributed by atoms with Crippen LogP contribution in [0, 0.1) is 0 Å². The van der Waals surface area contributed by atoms with Crippen LogP contribution in [0.25, 0.3) is 0 Å². The first-order valence-corrected chi connectivity index (χ1v) is 11.3. The maximum absolute atomic E-state index is 12.1. The molecule has 0 bridgehead atoms.